The van der Waals surface area contributed by atoms with Gasteiger partial charge in [-0.2, -0.15) is 0 Å². The van der Waals surface area contributed by atoms with Gasteiger partial charge in [0.05, 0.1) is 23.3 Å². The number of hydrogen-bond donors (Lipinski definition) is 3. The number of benzene rings is 2. The summed E-state index contributed by atoms with van der Waals surface area (Å²) in [6.07, 6.45) is 10.3. The SMILES string of the molecule is CNC1CC=C(c2cnc(N)c3c(-c4ccc(NS(=O)(=O)Cc5cccnc5)c5ccccc45)nc(C(C)C)n23)CC1. The second-order valence-electron chi connectivity index (χ2n) is 11.1. The summed E-state index contributed by atoms with van der Waals surface area (Å²) in [6.45, 7) is 4.26. The number of imidazole rings is 1. The summed E-state index contributed by atoms with van der Waals surface area (Å²) in [5, 5.41) is 5.02. The van der Waals surface area contributed by atoms with Crippen LogP contribution in [0.3, 0.4) is 0 Å². The molecule has 1 aliphatic carbocycles. The van der Waals surface area contributed by atoms with E-state index in [9.17, 15) is 8.42 Å². The van der Waals surface area contributed by atoms with E-state index >= 15 is 0 Å². The first kappa shape index (κ1) is 27.9. The molecule has 3 aromatic heterocycles. The van der Waals surface area contributed by atoms with Gasteiger partial charge >= 0.3 is 0 Å². The molecule has 0 bridgehead atoms. The predicted molar refractivity (Wildman–Crippen MR) is 170 cm³/mol. The quantitative estimate of drug-likeness (QED) is 0.213. The van der Waals surface area contributed by atoms with Crippen molar-refractivity contribution in [1.82, 2.24) is 24.7 Å². The predicted octanol–water partition coefficient (Wildman–Crippen LogP) is 5.75. The zero-order chi connectivity index (χ0) is 29.4. The Hall–Kier alpha value is -4.28. The van der Waals surface area contributed by atoms with Crippen molar-refractivity contribution >= 4 is 43.4 Å². The molecule has 4 N–H and O–H groups in total. The van der Waals surface area contributed by atoms with E-state index in [4.69, 9.17) is 10.7 Å². The van der Waals surface area contributed by atoms with E-state index in [1.54, 1.807) is 30.6 Å². The maximum atomic E-state index is 13.1. The van der Waals surface area contributed by atoms with Gasteiger partial charge in [0.2, 0.25) is 10.0 Å². The molecule has 0 saturated carbocycles. The van der Waals surface area contributed by atoms with Crippen LogP contribution in [-0.4, -0.2) is 40.9 Å². The highest BCUT2D eigenvalue weighted by atomic mass is 32.2. The van der Waals surface area contributed by atoms with Crippen molar-refractivity contribution in [2.75, 3.05) is 17.5 Å². The first-order chi connectivity index (χ1) is 20.3. The fourth-order valence-electron chi connectivity index (χ4n) is 5.80. The zero-order valence-corrected chi connectivity index (χ0v) is 24.8. The number of fused-ring (bicyclic) bond motifs is 2. The number of pyridine rings is 1. The Balaban J connectivity index is 1.49. The second kappa shape index (κ2) is 11.2. The Bertz CT molecular complexity index is 1910. The van der Waals surface area contributed by atoms with Crippen LogP contribution in [0.25, 0.3) is 33.1 Å². The lowest BCUT2D eigenvalue weighted by Crippen LogP contribution is -2.26. The number of sulfonamides is 1. The summed E-state index contributed by atoms with van der Waals surface area (Å²) in [4.78, 5) is 13.8. The molecule has 2 aromatic carbocycles. The standard InChI is InChI=1S/C32H35N7O2S/c1-20(2)32-37-29(30-31(33)36-18-28(39(30)32)22-10-12-23(34-3)13-11-22)26-14-15-27(25-9-5-4-8-24(25)26)38-42(40,41)19-21-7-6-16-35-17-21/h4-10,14-18,20,23,34,38H,11-13,19H2,1-3H3,(H2,33,36). The van der Waals surface area contributed by atoms with Crippen LogP contribution in [0.5, 0.6) is 0 Å². The average molecular weight is 582 g/mol. The third kappa shape index (κ3) is 5.23. The van der Waals surface area contributed by atoms with Gasteiger partial charge in [0, 0.05) is 35.3 Å². The van der Waals surface area contributed by atoms with Crippen molar-refractivity contribution < 1.29 is 8.42 Å². The van der Waals surface area contributed by atoms with E-state index in [1.807, 2.05) is 43.6 Å². The van der Waals surface area contributed by atoms with Gasteiger partial charge < -0.3 is 11.1 Å². The Morgan fingerprint density at radius 3 is 2.57 bits per heavy atom. The number of aromatic nitrogens is 4. The highest BCUT2D eigenvalue weighted by Gasteiger charge is 2.25. The number of allylic oxidation sites excluding steroid dienone is 1. The summed E-state index contributed by atoms with van der Waals surface area (Å²) in [5.41, 5.74) is 12.3. The summed E-state index contributed by atoms with van der Waals surface area (Å²) in [6, 6.07) is 15.4. The Labute approximate surface area is 246 Å². The third-order valence-corrected chi connectivity index (χ3v) is 9.15. The Morgan fingerprint density at radius 2 is 1.88 bits per heavy atom. The molecule has 0 radical (unpaired) electrons. The van der Waals surface area contributed by atoms with Gasteiger partial charge in [-0.3, -0.25) is 14.1 Å². The molecule has 0 fully saturated rings. The normalized spacial score (nSPS) is 15.8. The molecule has 216 valence electrons. The van der Waals surface area contributed by atoms with E-state index in [0.29, 0.717) is 23.1 Å². The van der Waals surface area contributed by atoms with Crippen molar-refractivity contribution in [1.29, 1.82) is 0 Å². The minimum Gasteiger partial charge on any atom is -0.382 e. The van der Waals surface area contributed by atoms with Gasteiger partial charge in [-0.1, -0.05) is 50.3 Å². The smallest absolute Gasteiger partial charge is 0.236 e. The van der Waals surface area contributed by atoms with Crippen LogP contribution in [0.15, 0.2) is 73.2 Å². The van der Waals surface area contributed by atoms with Crippen LogP contribution in [0.2, 0.25) is 0 Å². The van der Waals surface area contributed by atoms with Crippen molar-refractivity contribution in [3.8, 4) is 11.3 Å². The van der Waals surface area contributed by atoms with Crippen LogP contribution < -0.4 is 15.8 Å². The lowest BCUT2D eigenvalue weighted by molar-refractivity contribution is 0.522. The Kier molecular flexibility index (Phi) is 7.42. The number of nitrogens with one attached hydrogen (secondary N) is 2. The number of nitrogens with zero attached hydrogens (tertiary/aromatic N) is 4. The van der Waals surface area contributed by atoms with E-state index in [1.165, 1.54) is 5.57 Å². The topological polar surface area (TPSA) is 127 Å². The van der Waals surface area contributed by atoms with Crippen LogP contribution in [0.4, 0.5) is 11.5 Å². The summed E-state index contributed by atoms with van der Waals surface area (Å²) >= 11 is 0. The van der Waals surface area contributed by atoms with Gasteiger partial charge in [0.25, 0.3) is 0 Å². The Morgan fingerprint density at radius 1 is 1.07 bits per heavy atom. The van der Waals surface area contributed by atoms with E-state index < -0.39 is 10.0 Å². The monoisotopic (exact) mass is 581 g/mol. The fourth-order valence-corrected chi connectivity index (χ4v) is 6.99. The minimum absolute atomic E-state index is 0.130. The summed E-state index contributed by atoms with van der Waals surface area (Å²) < 4.78 is 31.2. The summed E-state index contributed by atoms with van der Waals surface area (Å²) in [7, 11) is -1.67. The molecule has 1 unspecified atom stereocenters. The lowest BCUT2D eigenvalue weighted by Gasteiger charge is -2.22. The third-order valence-electron chi connectivity index (χ3n) is 7.90. The summed E-state index contributed by atoms with van der Waals surface area (Å²) in [5.74, 6) is 1.27. The highest BCUT2D eigenvalue weighted by molar-refractivity contribution is 7.91. The lowest BCUT2D eigenvalue weighted by atomic mass is 9.93. The van der Waals surface area contributed by atoms with Gasteiger partial charge in [0.1, 0.15) is 22.9 Å². The number of rotatable bonds is 8. The molecule has 9 nitrogen and oxygen atoms in total. The molecule has 0 saturated heterocycles. The van der Waals surface area contributed by atoms with E-state index in [-0.39, 0.29) is 11.7 Å². The van der Waals surface area contributed by atoms with Gasteiger partial charge in [-0.25, -0.2) is 18.4 Å². The van der Waals surface area contributed by atoms with E-state index in [0.717, 1.165) is 58.3 Å². The molecule has 1 aliphatic rings. The first-order valence-corrected chi connectivity index (χ1v) is 15.9. The second-order valence-corrected chi connectivity index (χ2v) is 12.8. The molecule has 6 rings (SSSR count). The highest BCUT2D eigenvalue weighted by Crippen LogP contribution is 2.39. The molecule has 0 amide bonds. The van der Waals surface area contributed by atoms with Gasteiger partial charge in [0.15, 0.2) is 0 Å². The first-order valence-electron chi connectivity index (χ1n) is 14.2. The largest absolute Gasteiger partial charge is 0.382 e. The van der Waals surface area contributed by atoms with Crippen LogP contribution in [0, 0.1) is 0 Å². The van der Waals surface area contributed by atoms with Crippen LogP contribution in [0.1, 0.15) is 56.1 Å². The molecule has 1 atom stereocenters. The number of hydrogen-bond acceptors (Lipinski definition) is 7. The molecule has 42 heavy (non-hydrogen) atoms. The number of anilines is 2. The molecular weight excluding hydrogens is 546 g/mol. The maximum Gasteiger partial charge on any atom is 0.236 e. The average Bonchev–Trinajstić information content (AvgIpc) is 3.40. The van der Waals surface area contributed by atoms with E-state index in [2.05, 4.69) is 44.3 Å². The number of nitrogens with two attached hydrogens (primary N) is 1. The van der Waals surface area contributed by atoms with Crippen LogP contribution >= 0.6 is 0 Å². The maximum absolute atomic E-state index is 13.1. The zero-order valence-electron chi connectivity index (χ0n) is 24.0. The fraction of sp³-hybridized carbons (Fsp3) is 0.281. The number of nitrogen functional groups attached to an aromatic ring is 1. The molecule has 10 heteroatoms. The van der Waals surface area contributed by atoms with Crippen molar-refractivity contribution in [2.24, 2.45) is 0 Å². The van der Waals surface area contributed by atoms with Crippen molar-refractivity contribution in [3.05, 3.63) is 90.3 Å². The molecular formula is C32H35N7O2S. The van der Waals surface area contributed by atoms with Gasteiger partial charge in [-0.05, 0) is 61.0 Å². The van der Waals surface area contributed by atoms with Crippen LogP contribution in [-0.2, 0) is 15.8 Å². The van der Waals surface area contributed by atoms with Crippen molar-refractivity contribution in [3.63, 3.8) is 0 Å². The molecule has 3 heterocycles. The van der Waals surface area contributed by atoms with Gasteiger partial charge in [-0.15, -0.1) is 0 Å². The minimum atomic E-state index is -3.68. The van der Waals surface area contributed by atoms with Crippen molar-refractivity contribution in [2.45, 2.75) is 50.8 Å². The molecule has 0 spiro atoms. The molecule has 5 aromatic rings. The molecule has 0 aliphatic heterocycles.